The van der Waals surface area contributed by atoms with E-state index in [4.69, 9.17) is 15.6 Å². The molecule has 0 saturated heterocycles. The van der Waals surface area contributed by atoms with Gasteiger partial charge in [0.1, 0.15) is 0 Å². The molecule has 0 aliphatic rings. The SMILES string of the molecule is Cc1ccc(N)c(NCCCOCCO)c1. The third kappa shape index (κ3) is 4.51. The Bertz CT molecular complexity index is 316. The highest BCUT2D eigenvalue weighted by atomic mass is 16.5. The van der Waals surface area contributed by atoms with Crippen molar-refractivity contribution in [3.63, 3.8) is 0 Å². The summed E-state index contributed by atoms with van der Waals surface area (Å²) in [5.41, 5.74) is 8.75. The predicted molar refractivity (Wildman–Crippen MR) is 66.6 cm³/mol. The summed E-state index contributed by atoms with van der Waals surface area (Å²) in [5, 5.41) is 11.8. The third-order valence-electron chi connectivity index (χ3n) is 2.23. The van der Waals surface area contributed by atoms with Gasteiger partial charge in [-0.05, 0) is 31.0 Å². The molecule has 4 N–H and O–H groups in total. The van der Waals surface area contributed by atoms with Crippen molar-refractivity contribution in [3.8, 4) is 0 Å². The highest BCUT2D eigenvalue weighted by Gasteiger charge is 1.98. The maximum absolute atomic E-state index is 8.51. The fourth-order valence-corrected chi connectivity index (χ4v) is 1.39. The molecule has 0 spiro atoms. The van der Waals surface area contributed by atoms with Crippen molar-refractivity contribution in [1.29, 1.82) is 0 Å². The average Bonchev–Trinajstić information content (AvgIpc) is 2.28. The van der Waals surface area contributed by atoms with Crippen molar-refractivity contribution in [2.75, 3.05) is 37.4 Å². The van der Waals surface area contributed by atoms with E-state index < -0.39 is 0 Å². The number of nitrogens with one attached hydrogen (secondary N) is 1. The van der Waals surface area contributed by atoms with E-state index in [1.54, 1.807) is 0 Å². The standard InChI is InChI=1S/C12H20N2O2/c1-10-3-4-11(13)12(9-10)14-5-2-7-16-8-6-15/h3-4,9,14-15H,2,5-8,13H2,1H3. The van der Waals surface area contributed by atoms with Crippen molar-refractivity contribution in [2.24, 2.45) is 0 Å². The second-order valence-corrected chi connectivity index (χ2v) is 3.71. The fourth-order valence-electron chi connectivity index (χ4n) is 1.39. The quantitative estimate of drug-likeness (QED) is 0.483. The van der Waals surface area contributed by atoms with Crippen LogP contribution in [-0.2, 0) is 4.74 Å². The molecule has 0 fully saturated rings. The lowest BCUT2D eigenvalue weighted by molar-refractivity contribution is 0.0922. The summed E-state index contributed by atoms with van der Waals surface area (Å²) >= 11 is 0. The molecule has 0 heterocycles. The first-order chi connectivity index (χ1) is 7.74. The molecule has 0 saturated carbocycles. The minimum Gasteiger partial charge on any atom is -0.397 e. The summed E-state index contributed by atoms with van der Waals surface area (Å²) in [6.07, 6.45) is 0.896. The van der Waals surface area contributed by atoms with Crippen LogP contribution in [0.15, 0.2) is 18.2 Å². The van der Waals surface area contributed by atoms with Crippen molar-refractivity contribution < 1.29 is 9.84 Å². The number of hydrogen-bond acceptors (Lipinski definition) is 4. The number of rotatable bonds is 7. The lowest BCUT2D eigenvalue weighted by Crippen LogP contribution is -2.08. The zero-order chi connectivity index (χ0) is 11.8. The van der Waals surface area contributed by atoms with E-state index in [1.165, 1.54) is 5.56 Å². The summed E-state index contributed by atoms with van der Waals surface area (Å²) in [6.45, 7) is 4.00. The van der Waals surface area contributed by atoms with Gasteiger partial charge in [-0.2, -0.15) is 0 Å². The summed E-state index contributed by atoms with van der Waals surface area (Å²) in [5.74, 6) is 0. The van der Waals surface area contributed by atoms with E-state index in [0.29, 0.717) is 13.2 Å². The summed E-state index contributed by atoms with van der Waals surface area (Å²) < 4.78 is 5.15. The number of benzene rings is 1. The lowest BCUT2D eigenvalue weighted by atomic mass is 10.2. The van der Waals surface area contributed by atoms with Crippen molar-refractivity contribution in [2.45, 2.75) is 13.3 Å². The molecule has 0 radical (unpaired) electrons. The van der Waals surface area contributed by atoms with Gasteiger partial charge in [0.25, 0.3) is 0 Å². The molecular weight excluding hydrogens is 204 g/mol. The largest absolute Gasteiger partial charge is 0.397 e. The first-order valence-electron chi connectivity index (χ1n) is 5.52. The van der Waals surface area contributed by atoms with Crippen LogP contribution in [0.5, 0.6) is 0 Å². The van der Waals surface area contributed by atoms with Gasteiger partial charge in [-0.25, -0.2) is 0 Å². The average molecular weight is 224 g/mol. The number of nitrogen functional groups attached to an aromatic ring is 1. The Balaban J connectivity index is 2.23. The van der Waals surface area contributed by atoms with Crippen molar-refractivity contribution in [1.82, 2.24) is 0 Å². The van der Waals surface area contributed by atoms with Crippen LogP contribution in [0.3, 0.4) is 0 Å². The Hall–Kier alpha value is -1.26. The molecule has 4 heteroatoms. The lowest BCUT2D eigenvalue weighted by Gasteiger charge is -2.10. The number of hydrogen-bond donors (Lipinski definition) is 3. The Kier molecular flexibility index (Phi) is 5.67. The van der Waals surface area contributed by atoms with Crippen LogP contribution < -0.4 is 11.1 Å². The molecule has 0 aromatic heterocycles. The van der Waals surface area contributed by atoms with Gasteiger partial charge in [0.05, 0.1) is 24.6 Å². The zero-order valence-electron chi connectivity index (χ0n) is 9.70. The van der Waals surface area contributed by atoms with Gasteiger partial charge in [0.15, 0.2) is 0 Å². The van der Waals surface area contributed by atoms with Crippen LogP contribution in [0.2, 0.25) is 0 Å². The normalized spacial score (nSPS) is 10.4. The maximum Gasteiger partial charge on any atom is 0.0697 e. The first kappa shape index (κ1) is 12.8. The van der Waals surface area contributed by atoms with E-state index in [0.717, 1.165) is 24.3 Å². The second kappa shape index (κ2) is 7.09. The smallest absolute Gasteiger partial charge is 0.0697 e. The summed E-state index contributed by atoms with van der Waals surface area (Å²) in [4.78, 5) is 0. The highest BCUT2D eigenvalue weighted by molar-refractivity contribution is 5.66. The number of aliphatic hydroxyl groups excluding tert-OH is 1. The minimum absolute atomic E-state index is 0.0816. The van der Waals surface area contributed by atoms with Gasteiger partial charge in [-0.1, -0.05) is 6.07 Å². The molecule has 0 bridgehead atoms. The number of anilines is 2. The van der Waals surface area contributed by atoms with Gasteiger partial charge in [-0.15, -0.1) is 0 Å². The second-order valence-electron chi connectivity index (χ2n) is 3.71. The molecule has 4 nitrogen and oxygen atoms in total. The molecule has 0 aliphatic carbocycles. The van der Waals surface area contributed by atoms with Crippen LogP contribution in [0.25, 0.3) is 0 Å². The molecule has 0 aliphatic heterocycles. The van der Waals surface area contributed by atoms with Gasteiger partial charge in [-0.3, -0.25) is 0 Å². The van der Waals surface area contributed by atoms with E-state index in [2.05, 4.69) is 5.32 Å². The zero-order valence-corrected chi connectivity index (χ0v) is 9.70. The van der Waals surface area contributed by atoms with Crippen LogP contribution >= 0.6 is 0 Å². The topological polar surface area (TPSA) is 67.5 Å². The Morgan fingerprint density at radius 1 is 1.38 bits per heavy atom. The molecular formula is C12H20N2O2. The Morgan fingerprint density at radius 2 is 2.19 bits per heavy atom. The monoisotopic (exact) mass is 224 g/mol. The third-order valence-corrected chi connectivity index (χ3v) is 2.23. The number of nitrogens with two attached hydrogens (primary N) is 1. The Labute approximate surface area is 96.4 Å². The molecule has 0 amide bonds. The molecule has 0 atom stereocenters. The van der Waals surface area contributed by atoms with Crippen LogP contribution in [-0.4, -0.2) is 31.5 Å². The van der Waals surface area contributed by atoms with E-state index in [9.17, 15) is 0 Å². The van der Waals surface area contributed by atoms with Crippen molar-refractivity contribution in [3.05, 3.63) is 23.8 Å². The predicted octanol–water partition coefficient (Wildman–Crippen LogP) is 1.39. The highest BCUT2D eigenvalue weighted by Crippen LogP contribution is 2.19. The molecule has 0 unspecified atom stereocenters. The number of aliphatic hydroxyl groups is 1. The van der Waals surface area contributed by atoms with E-state index >= 15 is 0 Å². The Morgan fingerprint density at radius 3 is 2.94 bits per heavy atom. The molecule has 90 valence electrons. The first-order valence-corrected chi connectivity index (χ1v) is 5.52. The van der Waals surface area contributed by atoms with Gasteiger partial charge in [0, 0.05) is 13.2 Å². The van der Waals surface area contributed by atoms with E-state index in [1.807, 2.05) is 25.1 Å². The summed E-state index contributed by atoms with van der Waals surface area (Å²) in [6, 6.07) is 5.93. The van der Waals surface area contributed by atoms with Gasteiger partial charge in [0.2, 0.25) is 0 Å². The minimum atomic E-state index is 0.0816. The van der Waals surface area contributed by atoms with Crippen LogP contribution in [0.1, 0.15) is 12.0 Å². The molecule has 1 aromatic carbocycles. The molecule has 1 rings (SSSR count). The molecule has 1 aromatic rings. The van der Waals surface area contributed by atoms with Crippen LogP contribution in [0.4, 0.5) is 11.4 Å². The molecule has 16 heavy (non-hydrogen) atoms. The fraction of sp³-hybridized carbons (Fsp3) is 0.500. The van der Waals surface area contributed by atoms with Crippen molar-refractivity contribution >= 4 is 11.4 Å². The van der Waals surface area contributed by atoms with Gasteiger partial charge >= 0.3 is 0 Å². The van der Waals surface area contributed by atoms with Crippen LogP contribution in [0, 0.1) is 6.92 Å². The van der Waals surface area contributed by atoms with E-state index in [-0.39, 0.29) is 6.61 Å². The number of aryl methyl sites for hydroxylation is 1. The number of ether oxygens (including phenoxy) is 1. The summed E-state index contributed by atoms with van der Waals surface area (Å²) in [7, 11) is 0. The van der Waals surface area contributed by atoms with Gasteiger partial charge < -0.3 is 20.9 Å². The maximum atomic E-state index is 8.51.